The largest absolute Gasteiger partial charge is 0.490 e. The second-order valence-electron chi connectivity index (χ2n) is 18.1. The average molecular weight is 887 g/mol. The normalized spacial score (nSPS) is 20.7. The Morgan fingerprint density at radius 2 is 1.58 bits per heavy atom. The Morgan fingerprint density at radius 1 is 0.846 bits per heavy atom. The first-order valence-corrected chi connectivity index (χ1v) is 23.5. The van der Waals surface area contributed by atoms with Gasteiger partial charge in [-0.2, -0.15) is 0 Å². The molecule has 1 aromatic heterocycles. The average Bonchev–Trinajstić information content (AvgIpc) is 3.57. The van der Waals surface area contributed by atoms with Gasteiger partial charge in [-0.1, -0.05) is 38.7 Å². The molecule has 3 aliphatic heterocycles. The van der Waals surface area contributed by atoms with Crippen LogP contribution in [0.5, 0.6) is 5.75 Å². The number of piperidine rings is 2. The van der Waals surface area contributed by atoms with Crippen LogP contribution in [-0.2, 0) is 19.2 Å². The Balaban J connectivity index is 0.673. The van der Waals surface area contributed by atoms with Crippen molar-refractivity contribution in [1.82, 2.24) is 20.1 Å². The number of ether oxygens (including phenoxy) is 1. The summed E-state index contributed by atoms with van der Waals surface area (Å²) in [6, 6.07) is 18.4. The van der Waals surface area contributed by atoms with Crippen LogP contribution in [0.2, 0.25) is 0 Å². The SMILES string of the molecule is C[C@@H](C(=O)Nc1ccc(OC2CCN(C(=O)CCCCCCCCNc3cccc4c3C(=O)N(C3CCC(=O)NC3=O)C4=O)CC2)cc1)C1CCC(c2ccnc3ccc(F)cc23)CC1. The van der Waals surface area contributed by atoms with Gasteiger partial charge in [0, 0.05) is 74.2 Å². The predicted molar refractivity (Wildman–Crippen MR) is 245 cm³/mol. The van der Waals surface area contributed by atoms with Crippen molar-refractivity contribution < 1.29 is 37.9 Å². The van der Waals surface area contributed by atoms with Gasteiger partial charge in [0.2, 0.25) is 23.6 Å². The number of unbranched alkanes of at least 4 members (excludes halogenated alkanes) is 5. The van der Waals surface area contributed by atoms with Crippen molar-refractivity contribution in [3.8, 4) is 5.75 Å². The summed E-state index contributed by atoms with van der Waals surface area (Å²) in [6.45, 7) is 3.97. The van der Waals surface area contributed by atoms with Crippen LogP contribution >= 0.6 is 0 Å². The lowest BCUT2D eigenvalue weighted by Crippen LogP contribution is -2.54. The van der Waals surface area contributed by atoms with E-state index < -0.39 is 29.7 Å². The summed E-state index contributed by atoms with van der Waals surface area (Å²) in [7, 11) is 0. The van der Waals surface area contributed by atoms with Crippen molar-refractivity contribution in [2.45, 2.75) is 121 Å². The van der Waals surface area contributed by atoms with Crippen molar-refractivity contribution in [3.63, 3.8) is 0 Å². The van der Waals surface area contributed by atoms with Gasteiger partial charge in [-0.05, 0) is 123 Å². The van der Waals surface area contributed by atoms with Gasteiger partial charge in [-0.15, -0.1) is 0 Å². The third kappa shape index (κ3) is 10.7. The first kappa shape index (κ1) is 45.4. The molecule has 1 aliphatic carbocycles. The lowest BCUT2D eigenvalue weighted by molar-refractivity contribution is -0.136. The number of likely N-dealkylation sites (tertiary alicyclic amines) is 1. The van der Waals surface area contributed by atoms with Gasteiger partial charge < -0.3 is 20.3 Å². The molecule has 6 amide bonds. The predicted octanol–water partition coefficient (Wildman–Crippen LogP) is 8.54. The number of rotatable bonds is 17. The lowest BCUT2D eigenvalue weighted by Gasteiger charge is -2.32. The minimum absolute atomic E-state index is 0.0109. The molecule has 14 heteroatoms. The van der Waals surface area contributed by atoms with E-state index >= 15 is 0 Å². The highest BCUT2D eigenvalue weighted by molar-refractivity contribution is 6.25. The minimum Gasteiger partial charge on any atom is -0.490 e. The molecule has 0 radical (unpaired) electrons. The Hall–Kier alpha value is -6.18. The standard InChI is InChI=1S/C51H59FN6O7/c1-32(33-12-14-34(15-13-33)39-24-28-54-42-21-16-35(52)31-41(39)42)48(61)55-36-17-19-37(20-18-36)65-38-25-29-57(30-26-38)46(60)11-6-4-2-3-5-7-27-53-43-10-8-9-40-47(43)51(64)58(50(40)63)44-22-23-45(59)56-49(44)62/h8-10,16-21,24,28,31-34,38,44,53H,2-7,11-15,22-23,25-27,29-30H2,1H3,(H,55,61)(H,56,59,62)/t32-,33?,34?,44?/m1/s1. The number of halogens is 1. The number of carbonyl (C=O) groups excluding carboxylic acids is 6. The first-order valence-electron chi connectivity index (χ1n) is 23.5. The summed E-state index contributed by atoms with van der Waals surface area (Å²) in [4.78, 5) is 84.0. The molecular formula is C51H59FN6O7. The quantitative estimate of drug-likeness (QED) is 0.0696. The number of benzene rings is 3. The van der Waals surface area contributed by atoms with E-state index in [0.717, 1.165) is 110 Å². The summed E-state index contributed by atoms with van der Waals surface area (Å²) in [6.07, 6.45) is 13.6. The van der Waals surface area contributed by atoms with Gasteiger partial charge in [0.05, 0.1) is 16.6 Å². The van der Waals surface area contributed by atoms with Crippen LogP contribution in [0.1, 0.15) is 135 Å². The summed E-state index contributed by atoms with van der Waals surface area (Å²) in [5.41, 5.74) is 3.79. The highest BCUT2D eigenvalue weighted by Crippen LogP contribution is 2.41. The van der Waals surface area contributed by atoms with Gasteiger partial charge in [0.15, 0.2) is 0 Å². The molecule has 4 aromatic rings. The van der Waals surface area contributed by atoms with Crippen molar-refractivity contribution in [2.24, 2.45) is 11.8 Å². The van der Waals surface area contributed by atoms with Crippen LogP contribution in [0.3, 0.4) is 0 Å². The fraction of sp³-hybridized carbons (Fsp3) is 0.471. The van der Waals surface area contributed by atoms with Gasteiger partial charge in [0.1, 0.15) is 23.7 Å². The summed E-state index contributed by atoms with van der Waals surface area (Å²) in [5.74, 6) is -0.904. The molecule has 0 bridgehead atoms. The number of imide groups is 2. The molecular weight excluding hydrogens is 828 g/mol. The summed E-state index contributed by atoms with van der Waals surface area (Å²) < 4.78 is 20.3. The van der Waals surface area contributed by atoms with Gasteiger partial charge in [-0.25, -0.2) is 4.39 Å². The van der Waals surface area contributed by atoms with Crippen LogP contribution < -0.4 is 20.7 Å². The number of fused-ring (bicyclic) bond motifs is 2. The van der Waals surface area contributed by atoms with Crippen LogP contribution in [0.4, 0.5) is 15.8 Å². The molecule has 2 atom stereocenters. The maximum absolute atomic E-state index is 14.0. The number of carbonyl (C=O) groups is 6. The van der Waals surface area contributed by atoms with Crippen molar-refractivity contribution in [1.29, 1.82) is 0 Å². The van der Waals surface area contributed by atoms with E-state index in [0.29, 0.717) is 37.7 Å². The number of nitrogens with one attached hydrogen (secondary N) is 3. The molecule has 1 saturated carbocycles. The molecule has 65 heavy (non-hydrogen) atoms. The van der Waals surface area contributed by atoms with Gasteiger partial charge in [0.25, 0.3) is 11.8 Å². The minimum atomic E-state index is -0.994. The third-order valence-electron chi connectivity index (χ3n) is 13.9. The fourth-order valence-electron chi connectivity index (χ4n) is 10.1. The zero-order valence-corrected chi connectivity index (χ0v) is 37.1. The number of anilines is 2. The van der Waals surface area contributed by atoms with Crippen LogP contribution in [0.25, 0.3) is 10.9 Å². The van der Waals surface area contributed by atoms with Crippen LogP contribution in [-0.4, -0.2) is 82.0 Å². The van der Waals surface area contributed by atoms with Crippen LogP contribution in [0, 0.1) is 17.7 Å². The van der Waals surface area contributed by atoms with Crippen molar-refractivity contribution in [2.75, 3.05) is 30.3 Å². The highest BCUT2D eigenvalue weighted by atomic mass is 19.1. The molecule has 4 heterocycles. The zero-order valence-electron chi connectivity index (χ0n) is 37.1. The Labute approximate surface area is 379 Å². The molecule has 2 saturated heterocycles. The molecule has 4 aliphatic rings. The van der Waals surface area contributed by atoms with Gasteiger partial charge >= 0.3 is 0 Å². The second kappa shape index (κ2) is 20.8. The first-order chi connectivity index (χ1) is 31.5. The second-order valence-corrected chi connectivity index (χ2v) is 18.1. The molecule has 13 nitrogen and oxygen atoms in total. The highest BCUT2D eigenvalue weighted by Gasteiger charge is 2.45. The number of amides is 6. The molecule has 3 fully saturated rings. The Morgan fingerprint density at radius 3 is 2.34 bits per heavy atom. The lowest BCUT2D eigenvalue weighted by atomic mass is 9.73. The molecule has 1 unspecified atom stereocenters. The number of nitrogens with zero attached hydrogens (tertiary/aromatic N) is 3. The topological polar surface area (TPSA) is 167 Å². The summed E-state index contributed by atoms with van der Waals surface area (Å²) in [5, 5.41) is 9.51. The number of aromatic nitrogens is 1. The van der Waals surface area contributed by atoms with Gasteiger partial charge in [-0.3, -0.25) is 44.0 Å². The monoisotopic (exact) mass is 886 g/mol. The van der Waals surface area contributed by atoms with E-state index in [2.05, 4.69) is 20.9 Å². The number of pyridine rings is 1. The Bertz CT molecular complexity index is 2410. The van der Waals surface area contributed by atoms with Crippen molar-refractivity contribution >= 4 is 57.7 Å². The van der Waals surface area contributed by atoms with E-state index in [-0.39, 0.29) is 59.5 Å². The van der Waals surface area contributed by atoms with Crippen LogP contribution in [0.15, 0.2) is 72.9 Å². The molecule has 342 valence electrons. The number of hydrogen-bond acceptors (Lipinski definition) is 9. The maximum atomic E-state index is 14.0. The molecule has 3 N–H and O–H groups in total. The summed E-state index contributed by atoms with van der Waals surface area (Å²) >= 11 is 0. The van der Waals surface area contributed by atoms with E-state index in [1.807, 2.05) is 42.2 Å². The smallest absolute Gasteiger partial charge is 0.264 e. The Kier molecular flexibility index (Phi) is 14.5. The maximum Gasteiger partial charge on any atom is 0.264 e. The molecule has 8 rings (SSSR count). The number of hydrogen-bond donors (Lipinski definition) is 3. The third-order valence-corrected chi connectivity index (χ3v) is 13.9. The zero-order chi connectivity index (χ0) is 45.5. The van der Waals surface area contributed by atoms with E-state index in [4.69, 9.17) is 4.74 Å². The van der Waals surface area contributed by atoms with E-state index in [9.17, 15) is 33.2 Å². The molecule has 3 aromatic carbocycles. The van der Waals surface area contributed by atoms with E-state index in [1.165, 1.54) is 6.07 Å². The van der Waals surface area contributed by atoms with Crippen molar-refractivity contribution in [3.05, 3.63) is 95.4 Å². The molecule has 0 spiro atoms. The fourth-order valence-corrected chi connectivity index (χ4v) is 10.1. The van der Waals surface area contributed by atoms with E-state index in [1.54, 1.807) is 36.5 Å².